The number of anilines is 1. The number of non-ortho nitro benzene ring substituents is 1. The van der Waals surface area contributed by atoms with Gasteiger partial charge in [-0.15, -0.1) is 0 Å². The van der Waals surface area contributed by atoms with Crippen molar-refractivity contribution in [3.8, 4) is 0 Å². The van der Waals surface area contributed by atoms with Crippen LogP contribution in [-0.2, 0) is 0 Å². The van der Waals surface area contributed by atoms with Crippen molar-refractivity contribution in [1.82, 2.24) is 4.90 Å². The maximum Gasteiger partial charge on any atom is 0.271 e. The Bertz CT molecular complexity index is 532. The number of fused-ring (bicyclic) bond motifs is 2. The molecule has 0 spiro atoms. The first-order valence-corrected chi connectivity index (χ1v) is 7.78. The molecule has 0 aromatic heterocycles. The SMILES string of the molecule is Cc1ccc([N+](=O)[O-])cc1NC1CC2CCCC(C1)N2C. The van der Waals surface area contributed by atoms with Crippen LogP contribution in [0.2, 0.25) is 0 Å². The number of benzene rings is 1. The first kappa shape index (κ1) is 14.3. The first-order chi connectivity index (χ1) is 10.0. The quantitative estimate of drug-likeness (QED) is 0.685. The van der Waals surface area contributed by atoms with Crippen LogP contribution in [0.25, 0.3) is 0 Å². The van der Waals surface area contributed by atoms with E-state index in [9.17, 15) is 10.1 Å². The smallest absolute Gasteiger partial charge is 0.271 e. The highest BCUT2D eigenvalue weighted by atomic mass is 16.6. The lowest BCUT2D eigenvalue weighted by atomic mass is 9.82. The van der Waals surface area contributed by atoms with Crippen molar-refractivity contribution in [3.05, 3.63) is 33.9 Å². The molecule has 114 valence electrons. The molecule has 1 aromatic rings. The molecule has 0 saturated carbocycles. The molecule has 2 fully saturated rings. The standard InChI is InChI=1S/C16H23N3O2/c1-11-6-7-15(19(20)21)10-16(11)17-12-8-13-4-3-5-14(9-12)18(13)2/h6-7,10,12-14,17H,3-5,8-9H2,1-2H3. The molecule has 5 nitrogen and oxygen atoms in total. The summed E-state index contributed by atoms with van der Waals surface area (Å²) < 4.78 is 0. The van der Waals surface area contributed by atoms with Gasteiger partial charge in [0.05, 0.1) is 4.92 Å². The molecule has 2 unspecified atom stereocenters. The topological polar surface area (TPSA) is 58.4 Å². The Labute approximate surface area is 125 Å². The number of nitrogens with zero attached hydrogens (tertiary/aromatic N) is 2. The number of nitrogens with one attached hydrogen (secondary N) is 1. The number of aryl methyl sites for hydroxylation is 1. The second-order valence-corrected chi connectivity index (χ2v) is 6.47. The molecular weight excluding hydrogens is 266 g/mol. The number of nitro benzene ring substituents is 1. The van der Waals surface area contributed by atoms with Gasteiger partial charge in [0.2, 0.25) is 0 Å². The van der Waals surface area contributed by atoms with Crippen LogP contribution in [0.4, 0.5) is 11.4 Å². The lowest BCUT2D eigenvalue weighted by molar-refractivity contribution is -0.384. The largest absolute Gasteiger partial charge is 0.382 e. The zero-order chi connectivity index (χ0) is 15.0. The molecule has 2 atom stereocenters. The van der Waals surface area contributed by atoms with E-state index in [-0.39, 0.29) is 10.6 Å². The average Bonchev–Trinajstić information content (AvgIpc) is 2.42. The molecule has 2 bridgehead atoms. The van der Waals surface area contributed by atoms with Gasteiger partial charge in [-0.2, -0.15) is 0 Å². The lowest BCUT2D eigenvalue weighted by Gasteiger charge is -2.47. The summed E-state index contributed by atoms with van der Waals surface area (Å²) in [6, 6.07) is 6.82. The van der Waals surface area contributed by atoms with Crippen LogP contribution in [-0.4, -0.2) is 35.0 Å². The van der Waals surface area contributed by atoms with Crippen LogP contribution in [0.1, 0.15) is 37.7 Å². The van der Waals surface area contributed by atoms with E-state index in [0.29, 0.717) is 18.1 Å². The monoisotopic (exact) mass is 289 g/mol. The van der Waals surface area contributed by atoms with Gasteiger partial charge in [-0.3, -0.25) is 10.1 Å². The Morgan fingerprint density at radius 1 is 1.29 bits per heavy atom. The molecule has 21 heavy (non-hydrogen) atoms. The Balaban J connectivity index is 1.75. The summed E-state index contributed by atoms with van der Waals surface area (Å²) in [6.07, 6.45) is 6.16. The van der Waals surface area contributed by atoms with E-state index in [1.165, 1.54) is 19.3 Å². The molecule has 3 rings (SSSR count). The van der Waals surface area contributed by atoms with Gasteiger partial charge in [0, 0.05) is 35.9 Å². The lowest BCUT2D eigenvalue weighted by Crippen LogP contribution is -2.52. The van der Waals surface area contributed by atoms with Gasteiger partial charge in [0.15, 0.2) is 0 Å². The summed E-state index contributed by atoms with van der Waals surface area (Å²) in [6.45, 7) is 2.00. The zero-order valence-electron chi connectivity index (χ0n) is 12.7. The van der Waals surface area contributed by atoms with E-state index >= 15 is 0 Å². The fourth-order valence-electron chi connectivity index (χ4n) is 3.83. The van der Waals surface area contributed by atoms with Crippen molar-refractivity contribution in [2.24, 2.45) is 0 Å². The molecule has 0 radical (unpaired) electrons. The summed E-state index contributed by atoms with van der Waals surface area (Å²) in [7, 11) is 2.24. The predicted molar refractivity (Wildman–Crippen MR) is 83.7 cm³/mol. The summed E-state index contributed by atoms with van der Waals surface area (Å²) in [5.41, 5.74) is 2.15. The molecule has 0 amide bonds. The predicted octanol–water partition coefficient (Wildman–Crippen LogP) is 3.33. The van der Waals surface area contributed by atoms with Crippen LogP contribution in [0.5, 0.6) is 0 Å². The highest BCUT2D eigenvalue weighted by Crippen LogP contribution is 2.34. The van der Waals surface area contributed by atoms with E-state index < -0.39 is 0 Å². The van der Waals surface area contributed by atoms with Crippen LogP contribution in [0.15, 0.2) is 18.2 Å². The Morgan fingerprint density at radius 2 is 1.95 bits per heavy atom. The second-order valence-electron chi connectivity index (χ2n) is 6.47. The molecule has 1 N–H and O–H groups in total. The van der Waals surface area contributed by atoms with Crippen LogP contribution >= 0.6 is 0 Å². The molecular formula is C16H23N3O2. The van der Waals surface area contributed by atoms with Gasteiger partial charge < -0.3 is 10.2 Å². The molecule has 2 heterocycles. The minimum Gasteiger partial charge on any atom is -0.382 e. The fraction of sp³-hybridized carbons (Fsp3) is 0.625. The third-order valence-corrected chi connectivity index (χ3v) is 5.13. The number of hydrogen-bond acceptors (Lipinski definition) is 4. The number of piperidine rings is 2. The summed E-state index contributed by atoms with van der Waals surface area (Å²) >= 11 is 0. The molecule has 5 heteroatoms. The Kier molecular flexibility index (Phi) is 3.85. The molecule has 2 aliphatic rings. The van der Waals surface area contributed by atoms with Crippen molar-refractivity contribution in [2.45, 2.75) is 57.2 Å². The van der Waals surface area contributed by atoms with Gasteiger partial charge in [-0.05, 0) is 45.2 Å². The Hall–Kier alpha value is -1.62. The molecule has 2 aliphatic heterocycles. The number of hydrogen-bond donors (Lipinski definition) is 1. The third-order valence-electron chi connectivity index (χ3n) is 5.13. The van der Waals surface area contributed by atoms with E-state index in [0.717, 1.165) is 24.1 Å². The summed E-state index contributed by atoms with van der Waals surface area (Å²) in [4.78, 5) is 13.1. The third kappa shape index (κ3) is 2.88. The summed E-state index contributed by atoms with van der Waals surface area (Å²) in [5.74, 6) is 0. The summed E-state index contributed by atoms with van der Waals surface area (Å²) in [5, 5.41) is 14.5. The zero-order valence-corrected chi connectivity index (χ0v) is 12.7. The minimum absolute atomic E-state index is 0.163. The maximum absolute atomic E-state index is 10.9. The first-order valence-electron chi connectivity index (χ1n) is 7.78. The van der Waals surface area contributed by atoms with Crippen LogP contribution in [0, 0.1) is 17.0 Å². The van der Waals surface area contributed by atoms with E-state index in [2.05, 4.69) is 17.3 Å². The average molecular weight is 289 g/mol. The van der Waals surface area contributed by atoms with Crippen molar-refractivity contribution in [3.63, 3.8) is 0 Å². The Morgan fingerprint density at radius 3 is 2.57 bits per heavy atom. The van der Waals surface area contributed by atoms with E-state index in [4.69, 9.17) is 0 Å². The van der Waals surface area contributed by atoms with Crippen LogP contribution < -0.4 is 5.32 Å². The van der Waals surface area contributed by atoms with Gasteiger partial charge >= 0.3 is 0 Å². The van der Waals surface area contributed by atoms with Crippen LogP contribution in [0.3, 0.4) is 0 Å². The van der Waals surface area contributed by atoms with E-state index in [1.54, 1.807) is 12.1 Å². The normalized spacial score (nSPS) is 29.1. The molecule has 2 saturated heterocycles. The maximum atomic E-state index is 10.9. The van der Waals surface area contributed by atoms with Crippen molar-refractivity contribution >= 4 is 11.4 Å². The number of rotatable bonds is 3. The van der Waals surface area contributed by atoms with Crippen molar-refractivity contribution < 1.29 is 4.92 Å². The van der Waals surface area contributed by atoms with Gasteiger partial charge in [-0.1, -0.05) is 12.5 Å². The highest BCUT2D eigenvalue weighted by molar-refractivity contribution is 5.57. The molecule has 1 aromatic carbocycles. The minimum atomic E-state index is -0.325. The van der Waals surface area contributed by atoms with E-state index in [1.807, 2.05) is 13.0 Å². The number of nitro groups is 1. The molecule has 0 aliphatic carbocycles. The van der Waals surface area contributed by atoms with Gasteiger partial charge in [0.25, 0.3) is 5.69 Å². The van der Waals surface area contributed by atoms with Gasteiger partial charge in [0.1, 0.15) is 0 Å². The van der Waals surface area contributed by atoms with Crippen molar-refractivity contribution in [1.29, 1.82) is 0 Å². The highest BCUT2D eigenvalue weighted by Gasteiger charge is 2.36. The second kappa shape index (κ2) is 5.64. The van der Waals surface area contributed by atoms with Gasteiger partial charge in [-0.25, -0.2) is 0 Å². The fourth-order valence-corrected chi connectivity index (χ4v) is 3.83. The van der Waals surface area contributed by atoms with Crippen molar-refractivity contribution in [2.75, 3.05) is 12.4 Å².